The summed E-state index contributed by atoms with van der Waals surface area (Å²) in [6.45, 7) is 0. The van der Waals surface area contributed by atoms with Crippen molar-refractivity contribution in [1.82, 2.24) is 0 Å². The van der Waals surface area contributed by atoms with Crippen molar-refractivity contribution in [1.29, 1.82) is 0 Å². The van der Waals surface area contributed by atoms with Crippen molar-refractivity contribution in [3.63, 3.8) is 0 Å². The molecule has 0 bridgehead atoms. The summed E-state index contributed by atoms with van der Waals surface area (Å²) in [5.41, 5.74) is 0. The molecule has 2 aromatic rings. The van der Waals surface area contributed by atoms with Crippen LogP contribution in [0.15, 0.2) is 46.2 Å². The first kappa shape index (κ1) is 14.9. The van der Waals surface area contributed by atoms with Gasteiger partial charge in [0, 0.05) is 5.02 Å². The zero-order valence-electron chi connectivity index (χ0n) is 9.20. The number of rotatable bonds is 2. The van der Waals surface area contributed by atoms with Gasteiger partial charge in [-0.3, -0.25) is 0 Å². The van der Waals surface area contributed by atoms with E-state index in [1.54, 1.807) is 6.07 Å². The number of benzene rings is 2. The van der Waals surface area contributed by atoms with E-state index < -0.39 is 9.84 Å². The number of hydrogen-bond acceptors (Lipinski definition) is 2. The maximum atomic E-state index is 12.5. The summed E-state index contributed by atoms with van der Waals surface area (Å²) in [7, 11) is -3.90. The SMILES string of the molecule is O=S(=O)(c1ccc(Cl)cc1Cl)c1c(Cl)cccc1Cl. The Labute approximate surface area is 130 Å². The molecule has 0 amide bonds. The molecular weight excluding hydrogens is 350 g/mol. The molecule has 2 nitrogen and oxygen atoms in total. The molecule has 0 aliphatic rings. The number of halogens is 4. The standard InChI is InChI=1S/C12H6Cl4O2S/c13-7-4-5-11(10(16)6-7)19(17,18)12-8(14)2-1-3-9(12)15/h1-6H. The second-order valence-electron chi connectivity index (χ2n) is 3.63. The minimum Gasteiger partial charge on any atom is -0.218 e. The second-order valence-corrected chi connectivity index (χ2v) is 7.14. The summed E-state index contributed by atoms with van der Waals surface area (Å²) >= 11 is 23.5. The normalized spacial score (nSPS) is 11.6. The van der Waals surface area contributed by atoms with Crippen molar-refractivity contribution in [3.8, 4) is 0 Å². The van der Waals surface area contributed by atoms with Crippen molar-refractivity contribution in [2.24, 2.45) is 0 Å². The van der Waals surface area contributed by atoms with E-state index in [2.05, 4.69) is 0 Å². The molecule has 0 atom stereocenters. The molecule has 0 N–H and O–H groups in total. The van der Waals surface area contributed by atoms with Crippen molar-refractivity contribution in [3.05, 3.63) is 56.5 Å². The van der Waals surface area contributed by atoms with Crippen molar-refractivity contribution < 1.29 is 8.42 Å². The third-order valence-electron chi connectivity index (χ3n) is 2.37. The Hall–Kier alpha value is -0.450. The van der Waals surface area contributed by atoms with Gasteiger partial charge >= 0.3 is 0 Å². The summed E-state index contributed by atoms with van der Waals surface area (Å²) in [5, 5.41) is 0.440. The lowest BCUT2D eigenvalue weighted by molar-refractivity contribution is 0.596. The van der Waals surface area contributed by atoms with E-state index in [9.17, 15) is 8.42 Å². The fourth-order valence-electron chi connectivity index (χ4n) is 1.54. The Morgan fingerprint density at radius 1 is 0.789 bits per heavy atom. The van der Waals surface area contributed by atoms with Crippen LogP contribution in [0.4, 0.5) is 0 Å². The first-order chi connectivity index (χ1) is 8.84. The molecule has 0 saturated carbocycles. The topological polar surface area (TPSA) is 34.1 Å². The van der Waals surface area contributed by atoms with Gasteiger partial charge in [-0.25, -0.2) is 8.42 Å². The molecule has 0 radical (unpaired) electrons. The number of hydrogen-bond donors (Lipinski definition) is 0. The van der Waals surface area contributed by atoms with Gasteiger partial charge < -0.3 is 0 Å². The molecule has 100 valence electrons. The van der Waals surface area contributed by atoms with E-state index >= 15 is 0 Å². The van der Waals surface area contributed by atoms with Gasteiger partial charge in [-0.15, -0.1) is 0 Å². The highest BCUT2D eigenvalue weighted by atomic mass is 35.5. The molecule has 0 spiro atoms. The fourth-order valence-corrected chi connectivity index (χ4v) is 4.69. The highest BCUT2D eigenvalue weighted by Crippen LogP contribution is 2.36. The van der Waals surface area contributed by atoms with Crippen LogP contribution in [0.2, 0.25) is 20.1 Å². The molecule has 0 unspecified atom stereocenters. The minimum atomic E-state index is -3.90. The summed E-state index contributed by atoms with van der Waals surface area (Å²) < 4.78 is 25.0. The average Bonchev–Trinajstić information content (AvgIpc) is 2.27. The van der Waals surface area contributed by atoms with Crippen LogP contribution in [-0.4, -0.2) is 8.42 Å². The predicted molar refractivity (Wildman–Crippen MR) is 78.4 cm³/mol. The fraction of sp³-hybridized carbons (Fsp3) is 0. The van der Waals surface area contributed by atoms with Crippen LogP contribution in [0, 0.1) is 0 Å². The highest BCUT2D eigenvalue weighted by molar-refractivity contribution is 7.91. The maximum absolute atomic E-state index is 12.5. The summed E-state index contributed by atoms with van der Waals surface area (Å²) in [5.74, 6) is 0. The summed E-state index contributed by atoms with van der Waals surface area (Å²) in [6.07, 6.45) is 0. The Morgan fingerprint density at radius 3 is 1.89 bits per heavy atom. The third kappa shape index (κ3) is 2.86. The highest BCUT2D eigenvalue weighted by Gasteiger charge is 2.26. The van der Waals surface area contributed by atoms with Crippen molar-refractivity contribution in [2.75, 3.05) is 0 Å². The molecule has 19 heavy (non-hydrogen) atoms. The molecule has 0 fully saturated rings. The van der Waals surface area contributed by atoms with Crippen LogP contribution >= 0.6 is 46.4 Å². The third-order valence-corrected chi connectivity index (χ3v) is 5.80. The largest absolute Gasteiger partial charge is 0.218 e. The Balaban J connectivity index is 2.73. The Bertz CT molecular complexity index is 721. The van der Waals surface area contributed by atoms with Crippen molar-refractivity contribution in [2.45, 2.75) is 9.79 Å². The molecule has 0 aliphatic heterocycles. The molecule has 0 aromatic heterocycles. The maximum Gasteiger partial charge on any atom is 0.211 e. The van der Waals surface area contributed by atoms with Gasteiger partial charge in [-0.1, -0.05) is 52.5 Å². The molecule has 0 aliphatic carbocycles. The number of sulfone groups is 1. The first-order valence-electron chi connectivity index (χ1n) is 4.98. The lowest BCUT2D eigenvalue weighted by atomic mass is 10.3. The molecule has 0 heterocycles. The van der Waals surface area contributed by atoms with E-state index in [-0.39, 0.29) is 24.9 Å². The van der Waals surface area contributed by atoms with Gasteiger partial charge in [0.25, 0.3) is 0 Å². The molecule has 7 heteroatoms. The van der Waals surface area contributed by atoms with Gasteiger partial charge in [-0.2, -0.15) is 0 Å². The summed E-state index contributed by atoms with van der Waals surface area (Å²) in [4.78, 5) is -0.254. The quantitative estimate of drug-likeness (QED) is 0.747. The first-order valence-corrected chi connectivity index (χ1v) is 7.97. The zero-order chi connectivity index (χ0) is 14.2. The van der Waals surface area contributed by atoms with Crippen LogP contribution in [-0.2, 0) is 9.84 Å². The van der Waals surface area contributed by atoms with Crippen LogP contribution in [0.5, 0.6) is 0 Å². The monoisotopic (exact) mass is 354 g/mol. The van der Waals surface area contributed by atoms with Crippen LogP contribution in [0.1, 0.15) is 0 Å². The molecule has 2 rings (SSSR count). The molecule has 2 aromatic carbocycles. The van der Waals surface area contributed by atoms with Gasteiger partial charge in [0.2, 0.25) is 9.84 Å². The molecular formula is C12H6Cl4O2S. The molecule has 0 saturated heterocycles. The van der Waals surface area contributed by atoms with Crippen LogP contribution in [0.3, 0.4) is 0 Å². The van der Waals surface area contributed by atoms with E-state index in [0.29, 0.717) is 5.02 Å². The minimum absolute atomic E-state index is 0.0171. The van der Waals surface area contributed by atoms with Crippen LogP contribution < -0.4 is 0 Å². The van der Waals surface area contributed by atoms with Crippen molar-refractivity contribution >= 4 is 56.2 Å². The summed E-state index contributed by atoms with van der Waals surface area (Å²) in [6, 6.07) is 8.56. The van der Waals surface area contributed by atoms with E-state index in [1.165, 1.54) is 30.3 Å². The van der Waals surface area contributed by atoms with E-state index in [1.807, 2.05) is 0 Å². The van der Waals surface area contributed by atoms with Gasteiger partial charge in [0.05, 0.1) is 20.0 Å². The Kier molecular flexibility index (Phi) is 4.33. The zero-order valence-corrected chi connectivity index (χ0v) is 13.0. The lowest BCUT2D eigenvalue weighted by Gasteiger charge is -2.10. The van der Waals surface area contributed by atoms with E-state index in [4.69, 9.17) is 46.4 Å². The van der Waals surface area contributed by atoms with Gasteiger partial charge in [0.15, 0.2) is 0 Å². The van der Waals surface area contributed by atoms with Crippen LogP contribution in [0.25, 0.3) is 0 Å². The smallest absolute Gasteiger partial charge is 0.211 e. The predicted octanol–water partition coefficient (Wildman–Crippen LogP) is 5.13. The average molecular weight is 356 g/mol. The Morgan fingerprint density at radius 2 is 1.37 bits per heavy atom. The lowest BCUT2D eigenvalue weighted by Crippen LogP contribution is -2.04. The van der Waals surface area contributed by atoms with E-state index in [0.717, 1.165) is 0 Å². The second kappa shape index (κ2) is 5.51. The van der Waals surface area contributed by atoms with Gasteiger partial charge in [0.1, 0.15) is 4.90 Å². The van der Waals surface area contributed by atoms with Gasteiger partial charge in [-0.05, 0) is 30.3 Å².